The molecule has 0 aliphatic rings. The highest BCUT2D eigenvalue weighted by Gasteiger charge is 2.10. The van der Waals surface area contributed by atoms with Crippen LogP contribution in [0, 0.1) is 0 Å². The molecule has 0 bridgehead atoms. The van der Waals surface area contributed by atoms with Crippen molar-refractivity contribution in [2.75, 3.05) is 7.11 Å². The first-order chi connectivity index (χ1) is 7.81. The van der Waals surface area contributed by atoms with Gasteiger partial charge in [0.2, 0.25) is 5.75 Å². The van der Waals surface area contributed by atoms with Gasteiger partial charge < -0.3 is 14.5 Å². The zero-order valence-corrected chi connectivity index (χ0v) is 8.64. The van der Waals surface area contributed by atoms with E-state index >= 15 is 0 Å². The lowest BCUT2D eigenvalue weighted by molar-refractivity contribution is 0.363. The molecule has 0 saturated heterocycles. The molecule has 2 rings (SSSR count). The van der Waals surface area contributed by atoms with Crippen LogP contribution >= 0.6 is 0 Å². The van der Waals surface area contributed by atoms with Crippen LogP contribution in [0.15, 0.2) is 41.5 Å². The highest BCUT2D eigenvalue weighted by Crippen LogP contribution is 2.24. The van der Waals surface area contributed by atoms with E-state index in [1.54, 1.807) is 12.1 Å². The van der Waals surface area contributed by atoms with Gasteiger partial charge in [-0.25, -0.2) is 4.98 Å². The van der Waals surface area contributed by atoms with Gasteiger partial charge in [-0.2, -0.15) is 0 Å². The number of H-pyrrole nitrogens is 1. The molecule has 0 amide bonds. The number of aromatic amines is 1. The monoisotopic (exact) mass is 218 g/mol. The van der Waals surface area contributed by atoms with Crippen molar-refractivity contribution >= 4 is 0 Å². The average Bonchev–Trinajstić information content (AvgIpc) is 2.31. The van der Waals surface area contributed by atoms with Crippen molar-refractivity contribution in [1.82, 2.24) is 9.97 Å². The Bertz CT molecular complexity index is 522. The molecule has 1 N–H and O–H groups in total. The molecule has 0 spiro atoms. The fraction of sp³-hybridized carbons (Fsp3) is 0.0909. The van der Waals surface area contributed by atoms with Gasteiger partial charge in [-0.3, -0.25) is 4.79 Å². The van der Waals surface area contributed by atoms with E-state index < -0.39 is 0 Å². The Kier molecular flexibility index (Phi) is 2.86. The van der Waals surface area contributed by atoms with Gasteiger partial charge >= 0.3 is 0 Å². The minimum Gasteiger partial charge on any atom is -0.487 e. The molecule has 0 radical (unpaired) electrons. The molecule has 82 valence electrons. The maximum absolute atomic E-state index is 11.4. The summed E-state index contributed by atoms with van der Waals surface area (Å²) in [5, 5.41) is 0. The summed E-state index contributed by atoms with van der Waals surface area (Å²) in [5.74, 6) is 0.808. The van der Waals surface area contributed by atoms with Crippen molar-refractivity contribution in [2.45, 2.75) is 0 Å². The third-order valence-corrected chi connectivity index (χ3v) is 1.94. The lowest BCUT2D eigenvalue weighted by atomic mass is 10.3. The molecule has 0 aliphatic heterocycles. The summed E-state index contributed by atoms with van der Waals surface area (Å²) in [6.07, 6.45) is 1.27. The molecule has 0 unspecified atom stereocenters. The first-order valence-corrected chi connectivity index (χ1v) is 4.66. The van der Waals surface area contributed by atoms with Crippen molar-refractivity contribution in [2.24, 2.45) is 0 Å². The third kappa shape index (κ3) is 2.03. The number of hydrogen-bond donors (Lipinski definition) is 1. The van der Waals surface area contributed by atoms with Crippen LogP contribution in [-0.4, -0.2) is 17.1 Å². The van der Waals surface area contributed by atoms with Gasteiger partial charge in [0, 0.05) is 0 Å². The van der Waals surface area contributed by atoms with Crippen LogP contribution in [-0.2, 0) is 0 Å². The summed E-state index contributed by atoms with van der Waals surface area (Å²) in [5.41, 5.74) is -0.372. The van der Waals surface area contributed by atoms with Gasteiger partial charge in [-0.1, -0.05) is 18.2 Å². The summed E-state index contributed by atoms with van der Waals surface area (Å²) in [6, 6.07) is 9.06. The van der Waals surface area contributed by atoms with Crippen LogP contribution in [0.1, 0.15) is 0 Å². The molecule has 1 heterocycles. The summed E-state index contributed by atoms with van der Waals surface area (Å²) in [7, 11) is 1.39. The minimum atomic E-state index is -0.372. The van der Waals surface area contributed by atoms with Gasteiger partial charge in [0.15, 0.2) is 0 Å². The Morgan fingerprint density at radius 3 is 2.69 bits per heavy atom. The van der Waals surface area contributed by atoms with E-state index in [2.05, 4.69) is 9.97 Å². The predicted molar refractivity (Wildman–Crippen MR) is 57.9 cm³/mol. The maximum atomic E-state index is 11.4. The molecule has 0 saturated carbocycles. The van der Waals surface area contributed by atoms with Crippen LogP contribution in [0.3, 0.4) is 0 Å². The van der Waals surface area contributed by atoms with Crippen molar-refractivity contribution in [3.63, 3.8) is 0 Å². The van der Waals surface area contributed by atoms with E-state index in [0.717, 1.165) is 0 Å². The predicted octanol–water partition coefficient (Wildman–Crippen LogP) is 1.57. The zero-order chi connectivity index (χ0) is 11.4. The molecule has 0 aliphatic carbocycles. The molecule has 1 aromatic heterocycles. The number of aromatic nitrogens is 2. The quantitative estimate of drug-likeness (QED) is 0.849. The number of benzene rings is 1. The van der Waals surface area contributed by atoms with E-state index in [9.17, 15) is 4.79 Å². The Morgan fingerprint density at radius 2 is 2.00 bits per heavy atom. The summed E-state index contributed by atoms with van der Waals surface area (Å²) in [6.45, 7) is 0. The molecular weight excluding hydrogens is 208 g/mol. The fourth-order valence-corrected chi connectivity index (χ4v) is 1.22. The van der Waals surface area contributed by atoms with Gasteiger partial charge in [-0.05, 0) is 12.1 Å². The van der Waals surface area contributed by atoms with Crippen LogP contribution < -0.4 is 15.0 Å². The molecule has 5 nitrogen and oxygen atoms in total. The number of nitrogens with one attached hydrogen (secondary N) is 1. The van der Waals surface area contributed by atoms with Crippen molar-refractivity contribution in [3.05, 3.63) is 47.0 Å². The Labute approximate surface area is 91.7 Å². The average molecular weight is 218 g/mol. The number of rotatable bonds is 3. The molecule has 16 heavy (non-hydrogen) atoms. The SMILES string of the molecule is COc1c(Oc2ccccc2)nc[nH]c1=O. The second kappa shape index (κ2) is 4.48. The number of hydrogen-bond acceptors (Lipinski definition) is 4. The Balaban J connectivity index is 2.35. The molecule has 0 fully saturated rings. The summed E-state index contributed by atoms with van der Waals surface area (Å²) >= 11 is 0. The smallest absolute Gasteiger partial charge is 0.297 e. The van der Waals surface area contributed by atoms with Crippen molar-refractivity contribution in [1.29, 1.82) is 0 Å². The lowest BCUT2D eigenvalue weighted by Gasteiger charge is -2.06. The fourth-order valence-electron chi connectivity index (χ4n) is 1.22. The zero-order valence-electron chi connectivity index (χ0n) is 8.64. The van der Waals surface area contributed by atoms with Crippen LogP contribution in [0.5, 0.6) is 17.4 Å². The van der Waals surface area contributed by atoms with Crippen LogP contribution in [0.25, 0.3) is 0 Å². The number of para-hydroxylation sites is 1. The lowest BCUT2D eigenvalue weighted by Crippen LogP contribution is -2.10. The van der Waals surface area contributed by atoms with Crippen molar-refractivity contribution < 1.29 is 9.47 Å². The largest absolute Gasteiger partial charge is 0.487 e. The highest BCUT2D eigenvalue weighted by atomic mass is 16.5. The van der Waals surface area contributed by atoms with E-state index in [-0.39, 0.29) is 17.2 Å². The van der Waals surface area contributed by atoms with E-state index in [4.69, 9.17) is 9.47 Å². The van der Waals surface area contributed by atoms with Gasteiger partial charge in [0.1, 0.15) is 5.75 Å². The van der Waals surface area contributed by atoms with E-state index in [1.807, 2.05) is 18.2 Å². The number of ether oxygens (including phenoxy) is 2. The van der Waals surface area contributed by atoms with E-state index in [1.165, 1.54) is 13.4 Å². The van der Waals surface area contributed by atoms with Gasteiger partial charge in [-0.15, -0.1) is 0 Å². The third-order valence-electron chi connectivity index (χ3n) is 1.94. The normalized spacial score (nSPS) is 9.81. The van der Waals surface area contributed by atoms with Crippen LogP contribution in [0.2, 0.25) is 0 Å². The summed E-state index contributed by atoms with van der Waals surface area (Å²) in [4.78, 5) is 17.7. The second-order valence-electron chi connectivity index (χ2n) is 2.99. The van der Waals surface area contributed by atoms with Crippen LogP contribution in [0.4, 0.5) is 0 Å². The molecule has 1 aromatic carbocycles. The summed E-state index contributed by atoms with van der Waals surface area (Å²) < 4.78 is 10.3. The molecule has 0 atom stereocenters. The minimum absolute atomic E-state index is 0.0614. The molecule has 2 aromatic rings. The van der Waals surface area contributed by atoms with Crippen molar-refractivity contribution in [3.8, 4) is 17.4 Å². The highest BCUT2D eigenvalue weighted by molar-refractivity contribution is 5.34. The second-order valence-corrected chi connectivity index (χ2v) is 2.99. The maximum Gasteiger partial charge on any atom is 0.297 e. The van der Waals surface area contributed by atoms with Gasteiger partial charge in [0.25, 0.3) is 11.4 Å². The molecule has 5 heteroatoms. The Morgan fingerprint density at radius 1 is 1.25 bits per heavy atom. The Hall–Kier alpha value is -2.30. The molecular formula is C11H10N2O3. The first-order valence-electron chi connectivity index (χ1n) is 4.66. The number of methoxy groups -OCH3 is 1. The first kappa shape index (κ1) is 10.2. The standard InChI is InChI=1S/C11H10N2O3/c1-15-9-10(14)12-7-13-11(9)16-8-5-3-2-4-6-8/h2-7H,1H3,(H,12,13,14). The van der Waals surface area contributed by atoms with E-state index in [0.29, 0.717) is 5.75 Å². The number of nitrogens with zero attached hydrogens (tertiary/aromatic N) is 1. The topological polar surface area (TPSA) is 64.2 Å². The van der Waals surface area contributed by atoms with Gasteiger partial charge in [0.05, 0.1) is 13.4 Å².